The fourth-order valence-corrected chi connectivity index (χ4v) is 3.01. The van der Waals surface area contributed by atoms with Crippen LogP contribution in [0.5, 0.6) is 5.75 Å². The number of nitrogens with zero attached hydrogens (tertiary/aromatic N) is 2. The summed E-state index contributed by atoms with van der Waals surface area (Å²) >= 11 is 1.83. The lowest BCUT2D eigenvalue weighted by Crippen LogP contribution is -2.38. The van der Waals surface area contributed by atoms with Crippen LogP contribution in [0.15, 0.2) is 34.9 Å². The number of carbonyl (C=O) groups is 1. The van der Waals surface area contributed by atoms with E-state index in [1.807, 2.05) is 11.8 Å². The molecule has 116 valence electrons. The van der Waals surface area contributed by atoms with E-state index in [1.54, 1.807) is 17.0 Å². The van der Waals surface area contributed by atoms with Crippen molar-refractivity contribution in [1.29, 1.82) is 0 Å². The number of amides is 1. The van der Waals surface area contributed by atoms with Crippen LogP contribution < -0.4 is 4.74 Å². The van der Waals surface area contributed by atoms with E-state index in [4.69, 9.17) is 9.15 Å². The van der Waals surface area contributed by atoms with E-state index in [1.165, 1.54) is 18.4 Å². The van der Waals surface area contributed by atoms with Gasteiger partial charge in [-0.25, -0.2) is 9.37 Å². The number of ether oxygens (including phenoxy) is 1. The van der Waals surface area contributed by atoms with Gasteiger partial charge < -0.3 is 14.1 Å². The lowest BCUT2D eigenvalue weighted by atomic mass is 10.3. The number of aromatic nitrogens is 1. The third-order valence-corrected chi connectivity index (χ3v) is 4.17. The Hall–Kier alpha value is -2.02. The van der Waals surface area contributed by atoms with Crippen LogP contribution in [0.3, 0.4) is 0 Å². The average Bonchev–Trinajstić information content (AvgIpc) is 3.02. The topological polar surface area (TPSA) is 55.6 Å². The monoisotopic (exact) mass is 322 g/mol. The first-order valence-corrected chi connectivity index (χ1v) is 8.07. The van der Waals surface area contributed by atoms with E-state index >= 15 is 0 Å². The maximum absolute atomic E-state index is 13.0. The Kier molecular flexibility index (Phi) is 4.62. The molecule has 0 atom stereocenters. The highest BCUT2D eigenvalue weighted by atomic mass is 32.2. The minimum atomic E-state index is -0.372. The number of thioether (sulfide) groups is 1. The molecule has 2 heterocycles. The van der Waals surface area contributed by atoms with Crippen molar-refractivity contribution in [2.75, 3.05) is 24.6 Å². The molecule has 0 radical (unpaired) electrons. The van der Waals surface area contributed by atoms with Crippen LogP contribution in [-0.4, -0.2) is 40.4 Å². The fraction of sp³-hybridized carbons (Fsp3) is 0.333. The summed E-state index contributed by atoms with van der Waals surface area (Å²) in [7, 11) is 0. The van der Waals surface area contributed by atoms with Gasteiger partial charge in [0.25, 0.3) is 5.91 Å². The van der Waals surface area contributed by atoms with Crippen molar-refractivity contribution in [2.24, 2.45) is 0 Å². The molecule has 1 aromatic carbocycles. The molecule has 0 spiro atoms. The van der Waals surface area contributed by atoms with E-state index in [9.17, 15) is 9.18 Å². The average molecular weight is 322 g/mol. The smallest absolute Gasteiger partial charge is 0.275 e. The number of hydrogen-bond donors (Lipinski definition) is 0. The zero-order chi connectivity index (χ0) is 15.4. The summed E-state index contributed by atoms with van der Waals surface area (Å²) in [4.78, 5) is 18.1. The van der Waals surface area contributed by atoms with Gasteiger partial charge in [0, 0.05) is 30.7 Å². The summed E-state index contributed by atoms with van der Waals surface area (Å²) in [6.45, 7) is 1.50. The number of rotatable bonds is 4. The quantitative estimate of drug-likeness (QED) is 0.866. The van der Waals surface area contributed by atoms with Gasteiger partial charge >= 0.3 is 0 Å². The van der Waals surface area contributed by atoms with Crippen LogP contribution in [0.4, 0.5) is 4.39 Å². The Morgan fingerprint density at radius 1 is 1.41 bits per heavy atom. The second-order valence-electron chi connectivity index (χ2n) is 4.78. The predicted octanol–water partition coefficient (Wildman–Crippen LogP) is 2.58. The van der Waals surface area contributed by atoms with Gasteiger partial charge in [-0.2, -0.15) is 11.8 Å². The van der Waals surface area contributed by atoms with Crippen LogP contribution in [0, 0.1) is 5.82 Å². The Morgan fingerprint density at radius 3 is 3.00 bits per heavy atom. The van der Waals surface area contributed by atoms with Crippen molar-refractivity contribution in [2.45, 2.75) is 6.61 Å². The standard InChI is InChI=1S/C15H15FN2O3S/c16-11-2-1-3-12(8-11)20-10-14-17-13(9-21-14)15(19)18-4-6-22-7-5-18/h1-3,8-9H,4-7,10H2. The highest BCUT2D eigenvalue weighted by Gasteiger charge is 2.21. The molecule has 22 heavy (non-hydrogen) atoms. The number of halogens is 1. The predicted molar refractivity (Wildman–Crippen MR) is 80.5 cm³/mol. The summed E-state index contributed by atoms with van der Waals surface area (Å²) in [6.07, 6.45) is 1.34. The Morgan fingerprint density at radius 2 is 2.23 bits per heavy atom. The first-order valence-electron chi connectivity index (χ1n) is 6.92. The molecule has 0 N–H and O–H groups in total. The van der Waals surface area contributed by atoms with Crippen LogP contribution in [0.25, 0.3) is 0 Å². The molecule has 2 aromatic rings. The Bertz CT molecular complexity index is 656. The Balaban J connectivity index is 1.60. The van der Waals surface area contributed by atoms with E-state index in [0.717, 1.165) is 24.6 Å². The second-order valence-corrected chi connectivity index (χ2v) is 6.00. The van der Waals surface area contributed by atoms with Gasteiger partial charge in [0.2, 0.25) is 5.89 Å². The molecular weight excluding hydrogens is 307 g/mol. The second kappa shape index (κ2) is 6.83. The highest BCUT2D eigenvalue weighted by molar-refractivity contribution is 7.99. The molecule has 1 aromatic heterocycles. The van der Waals surface area contributed by atoms with Gasteiger partial charge in [0.05, 0.1) is 0 Å². The minimum absolute atomic E-state index is 0.0482. The number of benzene rings is 1. The van der Waals surface area contributed by atoms with Gasteiger partial charge in [-0.05, 0) is 12.1 Å². The lowest BCUT2D eigenvalue weighted by Gasteiger charge is -2.25. The molecule has 0 aliphatic carbocycles. The summed E-state index contributed by atoms with van der Waals surface area (Å²) in [5.41, 5.74) is 0.282. The molecular formula is C15H15FN2O3S. The van der Waals surface area contributed by atoms with Crippen molar-refractivity contribution in [3.05, 3.63) is 47.9 Å². The van der Waals surface area contributed by atoms with Gasteiger partial charge in [0.15, 0.2) is 12.3 Å². The fourth-order valence-electron chi connectivity index (χ4n) is 2.11. The van der Waals surface area contributed by atoms with Gasteiger partial charge in [0.1, 0.15) is 17.8 Å². The van der Waals surface area contributed by atoms with Crippen LogP contribution in [-0.2, 0) is 6.61 Å². The molecule has 5 nitrogen and oxygen atoms in total. The van der Waals surface area contributed by atoms with Crippen LogP contribution in [0.2, 0.25) is 0 Å². The molecule has 1 aliphatic rings. The van der Waals surface area contributed by atoms with Gasteiger partial charge in [-0.15, -0.1) is 0 Å². The summed E-state index contributed by atoms with van der Waals surface area (Å²) < 4.78 is 23.7. The third-order valence-electron chi connectivity index (χ3n) is 3.23. The van der Waals surface area contributed by atoms with E-state index < -0.39 is 0 Å². The van der Waals surface area contributed by atoms with Crippen molar-refractivity contribution < 1.29 is 18.3 Å². The largest absolute Gasteiger partial charge is 0.484 e. The van der Waals surface area contributed by atoms with Gasteiger partial charge in [-0.3, -0.25) is 4.79 Å². The minimum Gasteiger partial charge on any atom is -0.484 e. The molecule has 1 saturated heterocycles. The highest BCUT2D eigenvalue weighted by Crippen LogP contribution is 2.16. The zero-order valence-electron chi connectivity index (χ0n) is 11.8. The maximum atomic E-state index is 13.0. The first-order chi connectivity index (χ1) is 10.7. The normalized spacial score (nSPS) is 14.9. The lowest BCUT2D eigenvalue weighted by molar-refractivity contribution is 0.0766. The zero-order valence-corrected chi connectivity index (χ0v) is 12.6. The van der Waals surface area contributed by atoms with Crippen molar-refractivity contribution >= 4 is 17.7 Å². The molecule has 1 aliphatic heterocycles. The Labute approximate surface area is 131 Å². The molecule has 3 rings (SSSR count). The van der Waals surface area contributed by atoms with Crippen LogP contribution >= 0.6 is 11.8 Å². The first kappa shape index (κ1) is 14.9. The summed E-state index contributed by atoms with van der Waals surface area (Å²) in [5.74, 6) is 2.07. The third kappa shape index (κ3) is 3.59. The molecule has 0 saturated carbocycles. The number of hydrogen-bond acceptors (Lipinski definition) is 5. The van der Waals surface area contributed by atoms with Crippen LogP contribution in [0.1, 0.15) is 16.4 Å². The number of carbonyl (C=O) groups excluding carboxylic acids is 1. The van der Waals surface area contributed by atoms with Crippen molar-refractivity contribution in [3.8, 4) is 5.75 Å². The SMILES string of the molecule is O=C(c1coc(COc2cccc(F)c2)n1)N1CCSCC1. The maximum Gasteiger partial charge on any atom is 0.275 e. The number of oxazole rings is 1. The summed E-state index contributed by atoms with van der Waals surface area (Å²) in [5, 5.41) is 0. The van der Waals surface area contributed by atoms with Gasteiger partial charge in [-0.1, -0.05) is 6.07 Å². The van der Waals surface area contributed by atoms with E-state index in [0.29, 0.717) is 11.6 Å². The molecule has 7 heteroatoms. The van der Waals surface area contributed by atoms with E-state index in [2.05, 4.69) is 4.98 Å². The molecule has 0 bridgehead atoms. The summed E-state index contributed by atoms with van der Waals surface area (Å²) in [6, 6.07) is 5.82. The van der Waals surface area contributed by atoms with Crippen molar-refractivity contribution in [1.82, 2.24) is 9.88 Å². The van der Waals surface area contributed by atoms with Crippen molar-refractivity contribution in [3.63, 3.8) is 0 Å². The molecule has 0 unspecified atom stereocenters. The van der Waals surface area contributed by atoms with E-state index in [-0.39, 0.29) is 24.0 Å². The molecule has 1 amide bonds. The molecule has 1 fully saturated rings.